The Bertz CT molecular complexity index is 832. The molecule has 3 rings (SSSR count). The number of amides is 3. The van der Waals surface area contributed by atoms with Crippen LogP contribution in [0.3, 0.4) is 0 Å². The van der Waals surface area contributed by atoms with E-state index < -0.39 is 0 Å². The van der Waals surface area contributed by atoms with Gasteiger partial charge in [0.2, 0.25) is 0 Å². The van der Waals surface area contributed by atoms with Crippen molar-refractivity contribution in [1.82, 2.24) is 10.2 Å². The number of fused-ring (bicyclic) bond motifs is 1. The summed E-state index contributed by atoms with van der Waals surface area (Å²) in [5.74, 6) is -1.20. The van der Waals surface area contributed by atoms with Crippen LogP contribution in [0.15, 0.2) is 18.2 Å². The van der Waals surface area contributed by atoms with Crippen molar-refractivity contribution in [2.75, 3.05) is 20.2 Å². The van der Waals surface area contributed by atoms with Crippen molar-refractivity contribution in [3.05, 3.63) is 34.9 Å². The third-order valence-corrected chi connectivity index (χ3v) is 5.72. The van der Waals surface area contributed by atoms with E-state index in [2.05, 4.69) is 5.32 Å². The van der Waals surface area contributed by atoms with Gasteiger partial charge >= 0.3 is 5.97 Å². The zero-order chi connectivity index (χ0) is 21.1. The van der Waals surface area contributed by atoms with Crippen LogP contribution in [0, 0.1) is 17.8 Å². The van der Waals surface area contributed by atoms with Crippen molar-refractivity contribution in [1.29, 1.82) is 0 Å². The number of imide groups is 1. The third kappa shape index (κ3) is 4.33. The second-order valence-electron chi connectivity index (χ2n) is 8.26. The van der Waals surface area contributed by atoms with E-state index in [1.54, 1.807) is 12.1 Å². The van der Waals surface area contributed by atoms with Crippen LogP contribution >= 0.6 is 0 Å². The predicted octanol–water partition coefficient (Wildman–Crippen LogP) is 2.65. The number of rotatable bonds is 6. The fraction of sp³-hybridized carbons (Fsp3) is 0.545. The first-order chi connectivity index (χ1) is 13.8. The van der Waals surface area contributed by atoms with Gasteiger partial charge in [0.1, 0.15) is 0 Å². The molecular weight excluding hydrogens is 372 g/mol. The normalized spacial score (nSPS) is 21.3. The molecule has 0 radical (unpaired) electrons. The average Bonchev–Trinajstić information content (AvgIpc) is 2.95. The van der Waals surface area contributed by atoms with Crippen LogP contribution in [-0.2, 0) is 9.53 Å². The molecule has 1 fully saturated rings. The summed E-state index contributed by atoms with van der Waals surface area (Å²) in [4.78, 5) is 50.9. The van der Waals surface area contributed by atoms with Gasteiger partial charge in [-0.15, -0.1) is 0 Å². The fourth-order valence-electron chi connectivity index (χ4n) is 4.20. The van der Waals surface area contributed by atoms with Gasteiger partial charge in [-0.05, 0) is 42.9 Å². The summed E-state index contributed by atoms with van der Waals surface area (Å²) < 4.78 is 4.90. The van der Waals surface area contributed by atoms with Gasteiger partial charge in [0.05, 0.1) is 24.2 Å². The molecule has 29 heavy (non-hydrogen) atoms. The maximum absolute atomic E-state index is 12.6. The molecule has 7 heteroatoms. The van der Waals surface area contributed by atoms with Crippen LogP contribution in [0.25, 0.3) is 0 Å². The lowest BCUT2D eigenvalue weighted by atomic mass is 9.79. The summed E-state index contributed by atoms with van der Waals surface area (Å²) in [5, 5.41) is 2.88. The van der Waals surface area contributed by atoms with Crippen molar-refractivity contribution in [3.63, 3.8) is 0 Å². The van der Waals surface area contributed by atoms with Gasteiger partial charge in [-0.2, -0.15) is 0 Å². The van der Waals surface area contributed by atoms with E-state index in [0.717, 1.165) is 25.7 Å². The number of carbonyl (C=O) groups excluding carboxylic acids is 4. The molecule has 2 atom stereocenters. The molecule has 156 valence electrons. The zero-order valence-corrected chi connectivity index (χ0v) is 17.2. The number of hydrogen-bond donors (Lipinski definition) is 1. The van der Waals surface area contributed by atoms with Crippen LogP contribution in [-0.4, -0.2) is 48.8 Å². The van der Waals surface area contributed by atoms with Gasteiger partial charge in [0.15, 0.2) is 0 Å². The molecule has 1 aromatic rings. The maximum Gasteiger partial charge on any atom is 0.309 e. The molecule has 0 bridgehead atoms. The van der Waals surface area contributed by atoms with Crippen molar-refractivity contribution < 1.29 is 23.9 Å². The average molecular weight is 400 g/mol. The Morgan fingerprint density at radius 1 is 1.14 bits per heavy atom. The second kappa shape index (κ2) is 8.76. The number of nitrogens with zero attached hydrogens (tertiary/aromatic N) is 1. The summed E-state index contributed by atoms with van der Waals surface area (Å²) in [6.45, 7) is 4.61. The summed E-state index contributed by atoms with van der Waals surface area (Å²) in [6, 6.07) is 4.60. The van der Waals surface area contributed by atoms with E-state index in [4.69, 9.17) is 4.74 Å². The lowest BCUT2D eigenvalue weighted by Gasteiger charge is -2.29. The van der Waals surface area contributed by atoms with Gasteiger partial charge in [0.25, 0.3) is 17.7 Å². The van der Waals surface area contributed by atoms with Crippen LogP contribution in [0.4, 0.5) is 0 Å². The monoisotopic (exact) mass is 400 g/mol. The molecule has 0 saturated heterocycles. The van der Waals surface area contributed by atoms with E-state index in [1.165, 1.54) is 18.1 Å². The second-order valence-corrected chi connectivity index (χ2v) is 8.26. The van der Waals surface area contributed by atoms with E-state index in [9.17, 15) is 19.2 Å². The molecular formula is C22H28N2O5. The number of carbonyl (C=O) groups is 4. The molecule has 1 heterocycles. The van der Waals surface area contributed by atoms with Crippen LogP contribution in [0.1, 0.15) is 70.6 Å². The Morgan fingerprint density at radius 2 is 1.83 bits per heavy atom. The topological polar surface area (TPSA) is 92.8 Å². The van der Waals surface area contributed by atoms with Crippen LogP contribution in [0.5, 0.6) is 0 Å². The largest absolute Gasteiger partial charge is 0.469 e. The number of nitrogens with one attached hydrogen (secondary N) is 1. The highest BCUT2D eigenvalue weighted by Gasteiger charge is 2.36. The molecule has 2 aliphatic rings. The Labute approximate surface area is 170 Å². The summed E-state index contributed by atoms with van der Waals surface area (Å²) in [7, 11) is 1.39. The van der Waals surface area contributed by atoms with Gasteiger partial charge < -0.3 is 10.1 Å². The number of hydrogen-bond acceptors (Lipinski definition) is 5. The molecule has 2 unspecified atom stereocenters. The first kappa shape index (κ1) is 21.0. The quantitative estimate of drug-likeness (QED) is 0.585. The SMILES string of the molecule is COC(=O)C1CCCCC1CNC(=O)c1ccc2c(c1)C(=O)N(CC(C)C)C2=O. The van der Waals surface area contributed by atoms with Crippen molar-refractivity contribution in [3.8, 4) is 0 Å². The minimum absolute atomic E-state index is 0.0410. The Kier molecular flexibility index (Phi) is 6.35. The number of esters is 1. The summed E-state index contributed by atoms with van der Waals surface area (Å²) in [5.41, 5.74) is 0.945. The van der Waals surface area contributed by atoms with Gasteiger partial charge in [-0.25, -0.2) is 0 Å². The number of benzene rings is 1. The number of methoxy groups -OCH3 is 1. The molecule has 1 aliphatic heterocycles. The van der Waals surface area contributed by atoms with Gasteiger partial charge in [-0.3, -0.25) is 24.1 Å². The maximum atomic E-state index is 12.6. The molecule has 1 saturated carbocycles. The Balaban J connectivity index is 1.69. The van der Waals surface area contributed by atoms with E-state index in [1.807, 2.05) is 13.8 Å². The molecule has 0 spiro atoms. The first-order valence-corrected chi connectivity index (χ1v) is 10.2. The minimum Gasteiger partial charge on any atom is -0.469 e. The molecule has 1 N–H and O–H groups in total. The molecule has 7 nitrogen and oxygen atoms in total. The summed E-state index contributed by atoms with van der Waals surface area (Å²) >= 11 is 0. The van der Waals surface area contributed by atoms with E-state index in [0.29, 0.717) is 24.2 Å². The highest BCUT2D eigenvalue weighted by atomic mass is 16.5. The molecule has 1 aromatic carbocycles. The Hall–Kier alpha value is -2.70. The summed E-state index contributed by atoms with van der Waals surface area (Å²) in [6.07, 6.45) is 3.64. The van der Waals surface area contributed by atoms with Crippen LogP contribution in [0.2, 0.25) is 0 Å². The minimum atomic E-state index is -0.355. The molecule has 3 amide bonds. The highest BCUT2D eigenvalue weighted by molar-refractivity contribution is 6.22. The lowest BCUT2D eigenvalue weighted by molar-refractivity contribution is -0.148. The van der Waals surface area contributed by atoms with Crippen LogP contribution < -0.4 is 5.32 Å². The van der Waals surface area contributed by atoms with Crippen molar-refractivity contribution >= 4 is 23.7 Å². The van der Waals surface area contributed by atoms with E-state index in [-0.39, 0.29) is 47.0 Å². The third-order valence-electron chi connectivity index (χ3n) is 5.72. The zero-order valence-electron chi connectivity index (χ0n) is 17.2. The predicted molar refractivity (Wildman–Crippen MR) is 106 cm³/mol. The fourth-order valence-corrected chi connectivity index (χ4v) is 4.20. The molecule has 1 aliphatic carbocycles. The van der Waals surface area contributed by atoms with Gasteiger partial charge in [0, 0.05) is 18.7 Å². The van der Waals surface area contributed by atoms with Crippen molar-refractivity contribution in [2.24, 2.45) is 17.8 Å². The Morgan fingerprint density at radius 3 is 2.52 bits per heavy atom. The first-order valence-electron chi connectivity index (χ1n) is 10.2. The highest BCUT2D eigenvalue weighted by Crippen LogP contribution is 2.30. The smallest absolute Gasteiger partial charge is 0.309 e. The lowest BCUT2D eigenvalue weighted by Crippen LogP contribution is -2.37. The number of ether oxygens (including phenoxy) is 1. The van der Waals surface area contributed by atoms with Gasteiger partial charge in [-0.1, -0.05) is 26.7 Å². The standard InChI is InChI=1S/C22H28N2O5/c1-13(2)12-24-20(26)17-9-8-14(10-18(17)21(24)27)19(25)23-11-15-6-4-5-7-16(15)22(28)29-3/h8-10,13,15-16H,4-7,11-12H2,1-3H3,(H,23,25). The van der Waals surface area contributed by atoms with Crippen molar-refractivity contribution in [2.45, 2.75) is 39.5 Å². The molecule has 0 aromatic heterocycles. The van der Waals surface area contributed by atoms with E-state index >= 15 is 0 Å².